The Morgan fingerprint density at radius 1 is 0.600 bits per heavy atom. The van der Waals surface area contributed by atoms with Crippen LogP contribution in [0.2, 0.25) is 0 Å². The Kier molecular flexibility index (Phi) is 19.6. The minimum atomic E-state index is 0. The normalized spacial score (nSPS) is 20.4. The fraction of sp³-hybridized carbons (Fsp3) is 0.833. The van der Waals surface area contributed by atoms with E-state index in [4.69, 9.17) is 0 Å². The van der Waals surface area contributed by atoms with Gasteiger partial charge >= 0.3 is 17.1 Å². The van der Waals surface area contributed by atoms with Gasteiger partial charge in [0.2, 0.25) is 0 Å². The predicted octanol–water partition coefficient (Wildman–Crippen LogP) is 5.55. The number of hydrogen-bond donors (Lipinski definition) is 0. The maximum Gasteiger partial charge on any atom is 2.00 e. The van der Waals surface area contributed by atoms with E-state index in [0.29, 0.717) is 0 Å². The summed E-state index contributed by atoms with van der Waals surface area (Å²) in [5.41, 5.74) is 0. The van der Waals surface area contributed by atoms with Gasteiger partial charge in [-0.05, 0) is 25.7 Å². The van der Waals surface area contributed by atoms with E-state index in [1.807, 2.05) is 0 Å². The summed E-state index contributed by atoms with van der Waals surface area (Å²) in [5, 5.41) is 0. The maximum atomic E-state index is 3.54. The Labute approximate surface area is 124 Å². The number of hydrogen-bond acceptors (Lipinski definition) is 0. The summed E-state index contributed by atoms with van der Waals surface area (Å²) < 4.78 is 0. The van der Waals surface area contributed by atoms with Gasteiger partial charge < -0.3 is 14.9 Å². The number of halogens is 2. The molecule has 0 aromatic rings. The van der Waals surface area contributed by atoms with Crippen LogP contribution in [-0.4, -0.2) is 9.65 Å². The first-order valence-electron chi connectivity index (χ1n) is 5.07. The van der Waals surface area contributed by atoms with E-state index >= 15 is 0 Å². The van der Waals surface area contributed by atoms with Gasteiger partial charge in [-0.2, -0.15) is 0 Å². The van der Waals surface area contributed by atoms with Crippen molar-refractivity contribution < 1.29 is 17.1 Å². The molecule has 2 rings (SSSR count). The van der Waals surface area contributed by atoms with Gasteiger partial charge in [0, 0.05) is 9.65 Å². The van der Waals surface area contributed by atoms with Crippen molar-refractivity contribution in [1.82, 2.24) is 0 Å². The van der Waals surface area contributed by atoms with Crippen molar-refractivity contribution in [1.29, 1.82) is 0 Å². The Bertz CT molecular complexity index is 94.2. The molecule has 0 amide bonds. The molecule has 0 spiro atoms. The quantitative estimate of drug-likeness (QED) is 0.292. The van der Waals surface area contributed by atoms with Crippen molar-refractivity contribution >= 4 is 31.9 Å². The maximum absolute atomic E-state index is 3.54. The van der Waals surface area contributed by atoms with E-state index < -0.39 is 0 Å². The van der Waals surface area contributed by atoms with Gasteiger partial charge in [-0.15, -0.1) is 0 Å². The fourth-order valence-electron chi connectivity index (χ4n) is 1.75. The van der Waals surface area contributed by atoms with Crippen LogP contribution in [0.15, 0.2) is 0 Å². The van der Waals surface area contributed by atoms with E-state index in [2.05, 4.69) is 31.9 Å². The molecule has 0 aromatic heterocycles. The van der Waals surface area contributed by atoms with E-state index in [0.717, 1.165) is 9.65 Å². The molecular formula is C12H24Br2Fe. The van der Waals surface area contributed by atoms with Gasteiger partial charge in [-0.1, -0.05) is 57.5 Å². The third-order valence-electron chi connectivity index (χ3n) is 2.57. The Morgan fingerprint density at radius 3 is 0.867 bits per heavy atom. The van der Waals surface area contributed by atoms with Gasteiger partial charge in [0.05, 0.1) is 0 Å². The second-order valence-corrected chi connectivity index (χ2v) is 6.35. The molecule has 0 N–H and O–H groups in total. The summed E-state index contributed by atoms with van der Waals surface area (Å²) in [6, 6.07) is 0. The van der Waals surface area contributed by atoms with E-state index in [9.17, 15) is 0 Å². The summed E-state index contributed by atoms with van der Waals surface area (Å²) in [5.74, 6) is 0. The minimum Gasteiger partial charge on any atom is -0.358 e. The summed E-state index contributed by atoms with van der Waals surface area (Å²) in [6.07, 6.45) is 11.4. The van der Waals surface area contributed by atoms with Crippen LogP contribution in [0.1, 0.15) is 51.4 Å². The molecule has 0 radical (unpaired) electrons. The third-order valence-corrected chi connectivity index (χ3v) is 4.40. The van der Waals surface area contributed by atoms with E-state index in [-0.39, 0.29) is 31.9 Å². The molecule has 0 saturated heterocycles. The van der Waals surface area contributed by atoms with Gasteiger partial charge in [-0.3, -0.25) is 0 Å². The molecule has 2 fully saturated rings. The molecular weight excluding hydrogens is 360 g/mol. The Morgan fingerprint density at radius 2 is 0.800 bits per heavy atom. The molecule has 0 heterocycles. The van der Waals surface area contributed by atoms with Gasteiger partial charge in [0.15, 0.2) is 0 Å². The Balaban J connectivity index is -0.000000160. The van der Waals surface area contributed by atoms with Gasteiger partial charge in [0.1, 0.15) is 0 Å². The predicted molar refractivity (Wildman–Crippen MR) is 75.2 cm³/mol. The minimum absolute atomic E-state index is 0. The second-order valence-electron chi connectivity index (χ2n) is 3.76. The standard InChI is InChI=1S/2C5H9Br.2CH3.Fe/c2*6-5-3-1-2-4-5;;;/h2*5H,1-4H2;2*1H3;/q;;2*-1;+2. The fourth-order valence-corrected chi connectivity index (χ4v) is 3.05. The largest absolute Gasteiger partial charge is 2.00 e. The monoisotopic (exact) mass is 382 g/mol. The molecule has 2 aliphatic rings. The van der Waals surface area contributed by atoms with Crippen LogP contribution in [-0.2, 0) is 17.1 Å². The molecule has 0 nitrogen and oxygen atoms in total. The van der Waals surface area contributed by atoms with Crippen LogP contribution in [0.4, 0.5) is 0 Å². The molecule has 3 heteroatoms. The number of alkyl halides is 2. The zero-order chi connectivity index (χ0) is 8.81. The van der Waals surface area contributed by atoms with Crippen molar-refractivity contribution in [3.63, 3.8) is 0 Å². The van der Waals surface area contributed by atoms with Crippen LogP contribution >= 0.6 is 31.9 Å². The molecule has 2 saturated carbocycles. The van der Waals surface area contributed by atoms with Crippen LogP contribution in [0.3, 0.4) is 0 Å². The van der Waals surface area contributed by atoms with Crippen LogP contribution < -0.4 is 0 Å². The zero-order valence-electron chi connectivity index (χ0n) is 9.92. The zero-order valence-corrected chi connectivity index (χ0v) is 14.2. The average molecular weight is 384 g/mol. The molecule has 0 aliphatic heterocycles. The van der Waals surface area contributed by atoms with E-state index in [1.54, 1.807) is 0 Å². The van der Waals surface area contributed by atoms with Crippen LogP contribution in [0.5, 0.6) is 0 Å². The summed E-state index contributed by atoms with van der Waals surface area (Å²) in [6.45, 7) is 0. The molecule has 0 aromatic carbocycles. The summed E-state index contributed by atoms with van der Waals surface area (Å²) >= 11 is 7.08. The first kappa shape index (κ1) is 21.7. The smallest absolute Gasteiger partial charge is 0.358 e. The van der Waals surface area contributed by atoms with Crippen molar-refractivity contribution in [3.05, 3.63) is 14.9 Å². The first-order chi connectivity index (χ1) is 5.79. The van der Waals surface area contributed by atoms with E-state index in [1.165, 1.54) is 51.4 Å². The van der Waals surface area contributed by atoms with Crippen molar-refractivity contribution in [3.8, 4) is 0 Å². The van der Waals surface area contributed by atoms with Crippen molar-refractivity contribution in [2.24, 2.45) is 0 Å². The summed E-state index contributed by atoms with van der Waals surface area (Å²) in [7, 11) is 0. The molecule has 2 aliphatic carbocycles. The molecule has 0 bridgehead atoms. The molecule has 94 valence electrons. The van der Waals surface area contributed by atoms with Crippen LogP contribution in [0.25, 0.3) is 0 Å². The number of rotatable bonds is 0. The first-order valence-corrected chi connectivity index (χ1v) is 6.90. The SMILES string of the molecule is BrC1CCCC1.BrC1CCCC1.[CH3-].[CH3-].[Fe+2]. The molecule has 0 atom stereocenters. The second kappa shape index (κ2) is 13.5. The summed E-state index contributed by atoms with van der Waals surface area (Å²) in [4.78, 5) is 1.72. The Hall–Kier alpha value is 1.48. The van der Waals surface area contributed by atoms with Crippen molar-refractivity contribution in [2.75, 3.05) is 0 Å². The average Bonchev–Trinajstić information content (AvgIpc) is 2.63. The van der Waals surface area contributed by atoms with Crippen LogP contribution in [0, 0.1) is 14.9 Å². The topological polar surface area (TPSA) is 0 Å². The van der Waals surface area contributed by atoms with Crippen molar-refractivity contribution in [2.45, 2.75) is 61.0 Å². The van der Waals surface area contributed by atoms with Gasteiger partial charge in [-0.25, -0.2) is 0 Å². The molecule has 15 heavy (non-hydrogen) atoms. The third kappa shape index (κ3) is 11.7. The molecule has 0 unspecified atom stereocenters. The van der Waals surface area contributed by atoms with Gasteiger partial charge in [0.25, 0.3) is 0 Å².